The molecule has 4 nitrogen and oxygen atoms in total. The van der Waals surface area contributed by atoms with Gasteiger partial charge < -0.3 is 5.73 Å². The normalized spacial score (nSPS) is 20.8. The van der Waals surface area contributed by atoms with Crippen LogP contribution in [-0.2, 0) is 9.63 Å². The Bertz CT molecular complexity index is 164. The van der Waals surface area contributed by atoms with E-state index in [9.17, 15) is 4.79 Å². The first-order chi connectivity index (χ1) is 5.69. The Morgan fingerprint density at radius 2 is 2.17 bits per heavy atom. The van der Waals surface area contributed by atoms with E-state index in [2.05, 4.69) is 5.48 Å². The molecule has 1 aliphatic rings. The van der Waals surface area contributed by atoms with Gasteiger partial charge in [-0.25, -0.2) is 5.48 Å². The Hall–Kier alpha value is -0.610. The molecular formula is C8H16N2O2. The average molecular weight is 172 g/mol. The van der Waals surface area contributed by atoms with Gasteiger partial charge in [0.2, 0.25) is 0 Å². The summed E-state index contributed by atoms with van der Waals surface area (Å²) in [5, 5.41) is 0. The first-order valence-electron chi connectivity index (χ1n) is 4.40. The van der Waals surface area contributed by atoms with Crippen LogP contribution in [0.5, 0.6) is 0 Å². The summed E-state index contributed by atoms with van der Waals surface area (Å²) in [6.07, 6.45) is 3.61. The van der Waals surface area contributed by atoms with Crippen LogP contribution in [0.2, 0.25) is 0 Å². The summed E-state index contributed by atoms with van der Waals surface area (Å²) < 4.78 is 0. The number of amides is 1. The van der Waals surface area contributed by atoms with Gasteiger partial charge in [-0.3, -0.25) is 9.63 Å². The molecule has 0 unspecified atom stereocenters. The Balaban J connectivity index is 2.39. The SMILES string of the molecule is CCONC(=O)C1(N)CCCC1. The standard InChI is InChI=1S/C8H16N2O2/c1-2-12-10-7(11)8(9)5-3-4-6-8/h2-6,9H2,1H3,(H,10,11). The van der Waals surface area contributed by atoms with Crippen molar-refractivity contribution in [1.82, 2.24) is 5.48 Å². The summed E-state index contributed by atoms with van der Waals surface area (Å²) in [5.74, 6) is -0.179. The maximum atomic E-state index is 11.4. The van der Waals surface area contributed by atoms with Crippen molar-refractivity contribution in [2.75, 3.05) is 6.61 Å². The molecule has 70 valence electrons. The number of rotatable bonds is 3. The minimum atomic E-state index is -0.671. The molecule has 1 fully saturated rings. The maximum Gasteiger partial charge on any atom is 0.263 e. The van der Waals surface area contributed by atoms with Gasteiger partial charge >= 0.3 is 0 Å². The van der Waals surface area contributed by atoms with Crippen LogP contribution in [0.25, 0.3) is 0 Å². The quantitative estimate of drug-likeness (QED) is 0.603. The van der Waals surface area contributed by atoms with Crippen molar-refractivity contribution < 1.29 is 9.63 Å². The Kier molecular flexibility index (Phi) is 3.05. The first-order valence-corrected chi connectivity index (χ1v) is 4.40. The number of carbonyl (C=O) groups excluding carboxylic acids is 1. The highest BCUT2D eigenvalue weighted by atomic mass is 16.6. The molecule has 0 heterocycles. The van der Waals surface area contributed by atoms with Crippen molar-refractivity contribution in [3.05, 3.63) is 0 Å². The van der Waals surface area contributed by atoms with E-state index in [1.165, 1.54) is 0 Å². The Morgan fingerprint density at radius 3 is 2.67 bits per heavy atom. The zero-order valence-corrected chi connectivity index (χ0v) is 7.43. The Labute approximate surface area is 72.4 Å². The summed E-state index contributed by atoms with van der Waals surface area (Å²) in [4.78, 5) is 16.2. The molecule has 4 heteroatoms. The average Bonchev–Trinajstić information content (AvgIpc) is 2.49. The van der Waals surface area contributed by atoms with Crippen molar-refractivity contribution in [2.45, 2.75) is 38.1 Å². The molecule has 0 aromatic rings. The zero-order valence-electron chi connectivity index (χ0n) is 7.43. The van der Waals surface area contributed by atoms with E-state index in [0.717, 1.165) is 25.7 Å². The maximum absolute atomic E-state index is 11.4. The monoisotopic (exact) mass is 172 g/mol. The fraction of sp³-hybridized carbons (Fsp3) is 0.875. The highest BCUT2D eigenvalue weighted by Crippen LogP contribution is 2.26. The molecule has 0 aliphatic heterocycles. The highest BCUT2D eigenvalue weighted by molar-refractivity contribution is 5.85. The van der Waals surface area contributed by atoms with Gasteiger partial charge in [-0.05, 0) is 19.8 Å². The lowest BCUT2D eigenvalue weighted by Crippen LogP contribution is -2.51. The van der Waals surface area contributed by atoms with Crippen molar-refractivity contribution in [1.29, 1.82) is 0 Å². The predicted molar refractivity (Wildman–Crippen MR) is 45.2 cm³/mol. The van der Waals surface area contributed by atoms with E-state index < -0.39 is 5.54 Å². The fourth-order valence-corrected chi connectivity index (χ4v) is 1.47. The van der Waals surface area contributed by atoms with Crippen LogP contribution in [0.3, 0.4) is 0 Å². The number of nitrogens with one attached hydrogen (secondary N) is 1. The summed E-state index contributed by atoms with van der Waals surface area (Å²) in [6.45, 7) is 2.29. The van der Waals surface area contributed by atoms with E-state index in [4.69, 9.17) is 10.6 Å². The minimum Gasteiger partial charge on any atom is -0.317 e. The molecule has 0 aromatic heterocycles. The lowest BCUT2D eigenvalue weighted by molar-refractivity contribution is -0.138. The van der Waals surface area contributed by atoms with Crippen LogP contribution >= 0.6 is 0 Å². The van der Waals surface area contributed by atoms with Crippen LogP contribution in [-0.4, -0.2) is 18.1 Å². The molecule has 1 saturated carbocycles. The van der Waals surface area contributed by atoms with Gasteiger partial charge in [-0.15, -0.1) is 0 Å². The lowest BCUT2D eigenvalue weighted by atomic mass is 9.99. The number of nitrogens with two attached hydrogens (primary N) is 1. The van der Waals surface area contributed by atoms with Gasteiger partial charge in [0.15, 0.2) is 0 Å². The molecular weight excluding hydrogens is 156 g/mol. The lowest BCUT2D eigenvalue weighted by Gasteiger charge is -2.21. The van der Waals surface area contributed by atoms with Gasteiger partial charge in [0.1, 0.15) is 0 Å². The number of carbonyl (C=O) groups is 1. The van der Waals surface area contributed by atoms with Crippen LogP contribution in [0.4, 0.5) is 0 Å². The van der Waals surface area contributed by atoms with Crippen molar-refractivity contribution in [2.24, 2.45) is 5.73 Å². The van der Waals surface area contributed by atoms with Crippen LogP contribution < -0.4 is 11.2 Å². The molecule has 3 N–H and O–H groups in total. The molecule has 0 aromatic carbocycles. The number of hydrogen-bond acceptors (Lipinski definition) is 3. The van der Waals surface area contributed by atoms with Crippen molar-refractivity contribution in [3.8, 4) is 0 Å². The molecule has 0 radical (unpaired) electrons. The van der Waals surface area contributed by atoms with Gasteiger partial charge in [0.05, 0.1) is 12.1 Å². The molecule has 0 atom stereocenters. The summed E-state index contributed by atoms with van der Waals surface area (Å²) in [6, 6.07) is 0. The molecule has 0 spiro atoms. The van der Waals surface area contributed by atoms with E-state index in [1.807, 2.05) is 6.92 Å². The minimum absolute atomic E-state index is 0.179. The second kappa shape index (κ2) is 3.87. The van der Waals surface area contributed by atoms with Crippen molar-refractivity contribution in [3.63, 3.8) is 0 Å². The third kappa shape index (κ3) is 1.95. The molecule has 1 rings (SSSR count). The second-order valence-corrected chi connectivity index (χ2v) is 3.23. The van der Waals surface area contributed by atoms with Crippen LogP contribution in [0.15, 0.2) is 0 Å². The molecule has 12 heavy (non-hydrogen) atoms. The number of hydrogen-bond donors (Lipinski definition) is 2. The van der Waals surface area contributed by atoms with E-state index >= 15 is 0 Å². The van der Waals surface area contributed by atoms with Crippen LogP contribution in [0.1, 0.15) is 32.6 Å². The van der Waals surface area contributed by atoms with E-state index in [0.29, 0.717) is 6.61 Å². The molecule has 0 saturated heterocycles. The zero-order chi connectivity index (χ0) is 9.03. The smallest absolute Gasteiger partial charge is 0.263 e. The predicted octanol–water partition coefficient (Wildman–Crippen LogP) is 0.326. The van der Waals surface area contributed by atoms with E-state index in [-0.39, 0.29) is 5.91 Å². The molecule has 0 bridgehead atoms. The van der Waals surface area contributed by atoms with Crippen LogP contribution in [0, 0.1) is 0 Å². The highest BCUT2D eigenvalue weighted by Gasteiger charge is 2.37. The largest absolute Gasteiger partial charge is 0.317 e. The van der Waals surface area contributed by atoms with Gasteiger partial charge in [0.25, 0.3) is 5.91 Å². The van der Waals surface area contributed by atoms with Gasteiger partial charge in [-0.2, -0.15) is 0 Å². The summed E-state index contributed by atoms with van der Waals surface area (Å²) in [5.41, 5.74) is 7.53. The Morgan fingerprint density at radius 1 is 1.58 bits per heavy atom. The van der Waals surface area contributed by atoms with Gasteiger partial charge in [0, 0.05) is 0 Å². The fourth-order valence-electron chi connectivity index (χ4n) is 1.47. The van der Waals surface area contributed by atoms with E-state index in [1.54, 1.807) is 0 Å². The third-order valence-corrected chi connectivity index (χ3v) is 2.26. The second-order valence-electron chi connectivity index (χ2n) is 3.23. The summed E-state index contributed by atoms with van der Waals surface area (Å²) >= 11 is 0. The number of hydroxylamine groups is 1. The van der Waals surface area contributed by atoms with Crippen molar-refractivity contribution >= 4 is 5.91 Å². The topological polar surface area (TPSA) is 64.3 Å². The van der Waals surface area contributed by atoms with Gasteiger partial charge in [-0.1, -0.05) is 12.8 Å². The molecule has 1 aliphatic carbocycles. The third-order valence-electron chi connectivity index (χ3n) is 2.26. The molecule has 1 amide bonds. The first kappa shape index (κ1) is 9.48. The summed E-state index contributed by atoms with van der Waals surface area (Å²) in [7, 11) is 0.